The molecule has 0 bridgehead atoms. The summed E-state index contributed by atoms with van der Waals surface area (Å²) < 4.78 is 17.1. The van der Waals surface area contributed by atoms with E-state index in [1.54, 1.807) is 43.5 Å². The number of phenols is 1. The van der Waals surface area contributed by atoms with Gasteiger partial charge in [0.1, 0.15) is 34.0 Å². The monoisotopic (exact) mass is 417 g/mol. The fraction of sp³-hybridized carbons (Fsp3) is 0.160. The van der Waals surface area contributed by atoms with E-state index in [0.717, 1.165) is 11.3 Å². The minimum Gasteiger partial charge on any atom is -0.508 e. The van der Waals surface area contributed by atoms with E-state index in [-0.39, 0.29) is 11.2 Å². The summed E-state index contributed by atoms with van der Waals surface area (Å²) in [5, 5.41) is 10.1. The highest BCUT2D eigenvalue weighted by Crippen LogP contribution is 2.37. The first kappa shape index (κ1) is 20.3. The molecule has 6 nitrogen and oxygen atoms in total. The molecule has 1 N–H and O–H groups in total. The first-order valence-electron chi connectivity index (χ1n) is 9.73. The number of anilines is 1. The molecule has 0 aliphatic heterocycles. The summed E-state index contributed by atoms with van der Waals surface area (Å²) in [4.78, 5) is 15.7. The van der Waals surface area contributed by atoms with Crippen molar-refractivity contribution in [1.29, 1.82) is 0 Å². The zero-order valence-electron chi connectivity index (χ0n) is 17.8. The highest BCUT2D eigenvalue weighted by molar-refractivity contribution is 5.93. The predicted octanol–water partition coefficient (Wildman–Crippen LogP) is 4.92. The van der Waals surface area contributed by atoms with Gasteiger partial charge in [-0.15, -0.1) is 0 Å². The molecule has 1 aromatic heterocycles. The predicted molar refractivity (Wildman–Crippen MR) is 122 cm³/mol. The fourth-order valence-corrected chi connectivity index (χ4v) is 3.54. The Hall–Kier alpha value is -3.93. The first-order valence-corrected chi connectivity index (χ1v) is 9.73. The van der Waals surface area contributed by atoms with Crippen molar-refractivity contribution in [3.8, 4) is 39.7 Å². The molecule has 0 amide bonds. The van der Waals surface area contributed by atoms with Crippen LogP contribution < -0.4 is 19.8 Å². The maximum atomic E-state index is 13.7. The molecule has 0 radical (unpaired) electrons. The van der Waals surface area contributed by atoms with Gasteiger partial charge in [0, 0.05) is 37.5 Å². The van der Waals surface area contributed by atoms with Crippen LogP contribution in [0.5, 0.6) is 17.2 Å². The molecule has 4 aromatic rings. The third-order valence-electron chi connectivity index (χ3n) is 5.19. The molecule has 0 saturated carbocycles. The highest BCUT2D eigenvalue weighted by Gasteiger charge is 2.21. The first-order chi connectivity index (χ1) is 14.9. The van der Waals surface area contributed by atoms with Crippen LogP contribution >= 0.6 is 0 Å². The lowest BCUT2D eigenvalue weighted by molar-refractivity contribution is 0.396. The van der Waals surface area contributed by atoms with Crippen LogP contribution in [-0.2, 0) is 0 Å². The minimum absolute atomic E-state index is 0.132. The molecular formula is C25H23NO5. The summed E-state index contributed by atoms with van der Waals surface area (Å²) in [5.74, 6) is 1.44. The number of methoxy groups -OCH3 is 2. The molecule has 6 heteroatoms. The van der Waals surface area contributed by atoms with Gasteiger partial charge in [-0.1, -0.05) is 12.1 Å². The number of phenolic OH excluding ortho intramolecular Hbond substituents is 1. The molecule has 0 aliphatic rings. The molecule has 4 rings (SSSR count). The molecule has 158 valence electrons. The van der Waals surface area contributed by atoms with Gasteiger partial charge < -0.3 is 23.9 Å². The Kier molecular flexibility index (Phi) is 5.29. The number of aromatic hydroxyl groups is 1. The van der Waals surface area contributed by atoms with Gasteiger partial charge in [0.25, 0.3) is 0 Å². The van der Waals surface area contributed by atoms with Gasteiger partial charge >= 0.3 is 0 Å². The summed E-state index contributed by atoms with van der Waals surface area (Å²) in [6.45, 7) is 0. The van der Waals surface area contributed by atoms with Gasteiger partial charge in [-0.3, -0.25) is 4.79 Å². The average Bonchev–Trinajstić information content (AvgIpc) is 2.78. The number of nitrogens with zero attached hydrogens (tertiary/aromatic N) is 1. The van der Waals surface area contributed by atoms with Crippen LogP contribution in [0.3, 0.4) is 0 Å². The van der Waals surface area contributed by atoms with Crippen LogP contribution in [0, 0.1) is 0 Å². The van der Waals surface area contributed by atoms with E-state index < -0.39 is 0 Å². The quantitative estimate of drug-likeness (QED) is 0.497. The van der Waals surface area contributed by atoms with Gasteiger partial charge in [-0.2, -0.15) is 0 Å². The summed E-state index contributed by atoms with van der Waals surface area (Å²) in [5.41, 5.74) is 2.99. The maximum absolute atomic E-state index is 13.7. The average molecular weight is 417 g/mol. The molecule has 0 fully saturated rings. The number of ether oxygens (including phenoxy) is 2. The van der Waals surface area contributed by atoms with Crippen LogP contribution in [0.15, 0.2) is 69.9 Å². The van der Waals surface area contributed by atoms with E-state index >= 15 is 0 Å². The molecule has 0 unspecified atom stereocenters. The number of hydrogen-bond donors (Lipinski definition) is 1. The van der Waals surface area contributed by atoms with Crippen molar-refractivity contribution in [1.82, 2.24) is 0 Å². The van der Waals surface area contributed by atoms with E-state index in [0.29, 0.717) is 39.4 Å². The van der Waals surface area contributed by atoms with Crippen LogP contribution in [-0.4, -0.2) is 33.4 Å². The number of hydrogen-bond acceptors (Lipinski definition) is 6. The Labute approximate surface area is 179 Å². The lowest BCUT2D eigenvalue weighted by Gasteiger charge is -2.15. The number of rotatable bonds is 5. The minimum atomic E-state index is -0.207. The van der Waals surface area contributed by atoms with Crippen molar-refractivity contribution in [2.24, 2.45) is 0 Å². The van der Waals surface area contributed by atoms with Gasteiger partial charge in [0.2, 0.25) is 5.43 Å². The molecule has 0 spiro atoms. The normalized spacial score (nSPS) is 10.8. The Balaban J connectivity index is 2.08. The fourth-order valence-electron chi connectivity index (χ4n) is 3.54. The van der Waals surface area contributed by atoms with Gasteiger partial charge in [-0.25, -0.2) is 0 Å². The third-order valence-corrected chi connectivity index (χ3v) is 5.19. The highest BCUT2D eigenvalue weighted by atomic mass is 16.5. The molecule has 1 heterocycles. The number of fused-ring (bicyclic) bond motifs is 1. The van der Waals surface area contributed by atoms with Crippen molar-refractivity contribution >= 4 is 16.7 Å². The second-order valence-corrected chi connectivity index (χ2v) is 7.33. The van der Waals surface area contributed by atoms with Gasteiger partial charge in [0.05, 0.1) is 19.8 Å². The second kappa shape index (κ2) is 8.07. The lowest BCUT2D eigenvalue weighted by Crippen LogP contribution is -2.10. The van der Waals surface area contributed by atoms with Crippen molar-refractivity contribution in [2.45, 2.75) is 0 Å². The van der Waals surface area contributed by atoms with Crippen LogP contribution in [0.25, 0.3) is 33.4 Å². The zero-order valence-corrected chi connectivity index (χ0v) is 17.8. The maximum Gasteiger partial charge on any atom is 0.204 e. The molecule has 31 heavy (non-hydrogen) atoms. The summed E-state index contributed by atoms with van der Waals surface area (Å²) in [6, 6.07) is 17.6. The summed E-state index contributed by atoms with van der Waals surface area (Å²) in [7, 11) is 6.96. The molecule has 0 saturated heterocycles. The van der Waals surface area contributed by atoms with Crippen molar-refractivity contribution in [3.63, 3.8) is 0 Å². The van der Waals surface area contributed by atoms with Gasteiger partial charge in [-0.05, 0) is 42.0 Å². The largest absolute Gasteiger partial charge is 0.508 e. The van der Waals surface area contributed by atoms with Gasteiger partial charge in [0.15, 0.2) is 0 Å². The van der Waals surface area contributed by atoms with E-state index in [4.69, 9.17) is 13.9 Å². The topological polar surface area (TPSA) is 72.1 Å². The van der Waals surface area contributed by atoms with E-state index in [9.17, 15) is 9.90 Å². The SMILES string of the molecule is COc1cc(OC)c2c(=O)c(-c3ccc(N(C)C)cc3)c(-c3ccc(O)cc3)oc2c1. The molecule has 0 aliphatic carbocycles. The molecule has 3 aromatic carbocycles. The zero-order chi connectivity index (χ0) is 22.1. The molecule has 0 atom stereocenters. The van der Waals surface area contributed by atoms with E-state index in [2.05, 4.69) is 0 Å². The van der Waals surface area contributed by atoms with Crippen LogP contribution in [0.1, 0.15) is 0 Å². The van der Waals surface area contributed by atoms with Crippen molar-refractivity contribution < 1.29 is 19.0 Å². The number of benzene rings is 3. The Bertz CT molecular complexity index is 1290. The Morgan fingerprint density at radius 2 is 1.52 bits per heavy atom. The summed E-state index contributed by atoms with van der Waals surface area (Å²) in [6.07, 6.45) is 0. The van der Waals surface area contributed by atoms with Crippen LogP contribution in [0.4, 0.5) is 5.69 Å². The third kappa shape index (κ3) is 3.68. The molecular weight excluding hydrogens is 394 g/mol. The Morgan fingerprint density at radius 1 is 0.871 bits per heavy atom. The summed E-state index contributed by atoms with van der Waals surface area (Å²) >= 11 is 0. The van der Waals surface area contributed by atoms with Crippen molar-refractivity contribution in [3.05, 3.63) is 70.9 Å². The van der Waals surface area contributed by atoms with Crippen LogP contribution in [0.2, 0.25) is 0 Å². The second-order valence-electron chi connectivity index (χ2n) is 7.33. The van der Waals surface area contributed by atoms with E-state index in [1.807, 2.05) is 43.3 Å². The van der Waals surface area contributed by atoms with Crippen molar-refractivity contribution in [2.75, 3.05) is 33.2 Å². The standard InChI is InChI=1S/C25H23NO5/c1-26(2)17-9-5-15(6-10-17)22-24(28)23-20(30-4)13-19(29-3)14-21(23)31-25(22)16-7-11-18(27)12-8-16/h5-14,27H,1-4H3. The van der Waals surface area contributed by atoms with E-state index in [1.165, 1.54) is 7.11 Å². The smallest absolute Gasteiger partial charge is 0.204 e. The Morgan fingerprint density at radius 3 is 2.10 bits per heavy atom. The lowest BCUT2D eigenvalue weighted by atomic mass is 9.97.